The number of rotatable bonds is 7. The first-order chi connectivity index (χ1) is 17.6. The number of fused-ring (bicyclic) bond motifs is 2. The van der Waals surface area contributed by atoms with Crippen LogP contribution in [0.3, 0.4) is 0 Å². The molecule has 4 rings (SSSR count). The van der Waals surface area contributed by atoms with Crippen LogP contribution in [-0.2, 0) is 33.3 Å². The van der Waals surface area contributed by atoms with Crippen molar-refractivity contribution in [1.82, 2.24) is 4.98 Å². The lowest BCUT2D eigenvalue weighted by Crippen LogP contribution is -2.62. The van der Waals surface area contributed by atoms with E-state index in [0.29, 0.717) is 27.8 Å². The van der Waals surface area contributed by atoms with Gasteiger partial charge in [-0.3, -0.25) is 14.4 Å². The molecule has 1 fully saturated rings. The minimum Gasteiger partial charge on any atom is -0.495 e. The average Bonchev–Trinajstić information content (AvgIpc) is 3.29. The van der Waals surface area contributed by atoms with Gasteiger partial charge < -0.3 is 37.6 Å². The van der Waals surface area contributed by atoms with Gasteiger partial charge in [-0.25, -0.2) is 4.98 Å². The minimum absolute atomic E-state index is 0.192. The average molecular weight is 517 g/mol. The summed E-state index contributed by atoms with van der Waals surface area (Å²) in [6.45, 7) is 5.19. The highest BCUT2D eigenvalue weighted by Gasteiger charge is 2.51. The summed E-state index contributed by atoms with van der Waals surface area (Å²) in [6, 6.07) is 5.09. The highest BCUT2D eigenvalue weighted by Crippen LogP contribution is 2.42. The quantitative estimate of drug-likeness (QED) is 0.336. The summed E-state index contributed by atoms with van der Waals surface area (Å²) < 4.78 is 45.0. The van der Waals surface area contributed by atoms with Crippen molar-refractivity contribution < 1.29 is 52.0 Å². The monoisotopic (exact) mass is 517 g/mol. The summed E-state index contributed by atoms with van der Waals surface area (Å²) in [5.41, 5.74) is 0.723. The van der Waals surface area contributed by atoms with Crippen LogP contribution in [0.25, 0.3) is 22.0 Å². The van der Waals surface area contributed by atoms with Crippen molar-refractivity contribution in [3.05, 3.63) is 24.5 Å². The lowest BCUT2D eigenvalue weighted by molar-refractivity contribution is -0.280. The number of pyridine rings is 1. The Labute approximate surface area is 211 Å². The van der Waals surface area contributed by atoms with Crippen molar-refractivity contribution in [2.45, 2.75) is 58.4 Å². The first-order valence-electron chi connectivity index (χ1n) is 11.4. The predicted octanol–water partition coefficient (Wildman–Crippen LogP) is 2.92. The summed E-state index contributed by atoms with van der Waals surface area (Å²) >= 11 is 0. The van der Waals surface area contributed by atoms with Crippen LogP contribution in [-0.4, -0.2) is 67.8 Å². The second kappa shape index (κ2) is 10.5. The van der Waals surface area contributed by atoms with Gasteiger partial charge in [0.25, 0.3) is 0 Å². The summed E-state index contributed by atoms with van der Waals surface area (Å²) in [7, 11) is 2.97. The van der Waals surface area contributed by atoms with E-state index in [2.05, 4.69) is 4.98 Å². The molecule has 1 saturated heterocycles. The fourth-order valence-electron chi connectivity index (χ4n) is 4.35. The number of carbonyl (C=O) groups excluding carboxylic acids is 3. The first-order valence-corrected chi connectivity index (χ1v) is 11.4. The second-order valence-electron chi connectivity index (χ2n) is 8.33. The first kappa shape index (κ1) is 26.0. The molecule has 0 amide bonds. The molecule has 0 N–H and O–H groups in total. The molecule has 1 aliphatic heterocycles. The number of furan rings is 1. The molecule has 12 heteroatoms. The van der Waals surface area contributed by atoms with Gasteiger partial charge in [-0.1, -0.05) is 0 Å². The van der Waals surface area contributed by atoms with E-state index in [9.17, 15) is 14.4 Å². The van der Waals surface area contributed by atoms with Crippen molar-refractivity contribution in [2.75, 3.05) is 14.2 Å². The Balaban J connectivity index is 1.78. The summed E-state index contributed by atoms with van der Waals surface area (Å²) in [5, 5.41) is 1.33. The van der Waals surface area contributed by atoms with Gasteiger partial charge in [-0.05, 0) is 25.1 Å². The molecule has 3 heterocycles. The topological polar surface area (TPSA) is 142 Å². The van der Waals surface area contributed by atoms with Crippen LogP contribution in [0.15, 0.2) is 28.9 Å². The third kappa shape index (κ3) is 5.10. The molecular weight excluding hydrogens is 490 g/mol. The number of carbonyl (C=O) groups is 3. The van der Waals surface area contributed by atoms with Crippen molar-refractivity contribution in [2.24, 2.45) is 0 Å². The van der Waals surface area contributed by atoms with E-state index in [1.165, 1.54) is 41.3 Å². The smallest absolute Gasteiger partial charge is 0.303 e. The van der Waals surface area contributed by atoms with Crippen LogP contribution >= 0.6 is 0 Å². The summed E-state index contributed by atoms with van der Waals surface area (Å²) in [6.07, 6.45) is -4.10. The van der Waals surface area contributed by atoms with Crippen molar-refractivity contribution in [3.63, 3.8) is 0 Å². The molecule has 2 aromatic heterocycles. The standard InChI is InChI=1S/C25H27NO11/c1-11-19(34-12(2)27)22(35-13(3)28)23(36-14(4)29)25(33-11)37-17-8-7-15-18(21(17)31-6)26-24-16(9-10-32-24)20(15)30-5/h7-11,19,22-23,25H,1-6H3/t11-,19+,22+,23-,25+/m1/s1. The number of benzene rings is 1. The fourth-order valence-corrected chi connectivity index (χ4v) is 4.35. The Morgan fingerprint density at radius 1 is 0.811 bits per heavy atom. The fraction of sp³-hybridized carbons (Fsp3) is 0.440. The van der Waals surface area contributed by atoms with Gasteiger partial charge in [0.1, 0.15) is 11.3 Å². The Hall–Kier alpha value is -4.06. The summed E-state index contributed by atoms with van der Waals surface area (Å²) in [4.78, 5) is 40.2. The van der Waals surface area contributed by atoms with Crippen LogP contribution in [0.1, 0.15) is 27.7 Å². The molecule has 198 valence electrons. The van der Waals surface area contributed by atoms with E-state index < -0.39 is 48.6 Å². The zero-order chi connectivity index (χ0) is 26.9. The number of hydrogen-bond acceptors (Lipinski definition) is 12. The zero-order valence-corrected chi connectivity index (χ0v) is 21.1. The number of esters is 3. The number of ether oxygens (including phenoxy) is 7. The van der Waals surface area contributed by atoms with Crippen LogP contribution in [0.5, 0.6) is 17.2 Å². The molecule has 0 aliphatic carbocycles. The number of nitrogens with zero attached hydrogens (tertiary/aromatic N) is 1. The molecule has 5 atom stereocenters. The molecule has 3 aromatic rings. The second-order valence-corrected chi connectivity index (χ2v) is 8.33. The zero-order valence-electron chi connectivity index (χ0n) is 21.1. The molecule has 0 spiro atoms. The number of aromatic nitrogens is 1. The van der Waals surface area contributed by atoms with E-state index in [1.54, 1.807) is 25.1 Å². The highest BCUT2D eigenvalue weighted by molar-refractivity contribution is 6.02. The van der Waals surface area contributed by atoms with Crippen LogP contribution in [0, 0.1) is 0 Å². The van der Waals surface area contributed by atoms with Gasteiger partial charge in [-0.15, -0.1) is 0 Å². The van der Waals surface area contributed by atoms with E-state index in [0.717, 1.165) is 0 Å². The lowest BCUT2D eigenvalue weighted by Gasteiger charge is -2.43. The molecule has 0 saturated carbocycles. The van der Waals surface area contributed by atoms with Crippen LogP contribution in [0.2, 0.25) is 0 Å². The molecule has 0 bridgehead atoms. The van der Waals surface area contributed by atoms with E-state index in [4.69, 9.17) is 37.6 Å². The van der Waals surface area contributed by atoms with Gasteiger partial charge >= 0.3 is 17.9 Å². The molecule has 12 nitrogen and oxygen atoms in total. The lowest BCUT2D eigenvalue weighted by atomic mass is 9.98. The SMILES string of the molecule is COc1c2ccoc2nc2c(OC)c(O[C@@H]3O[C@H](C)[C@H](OC(C)=O)[C@H](OC(C)=O)[C@H]3OC(C)=O)ccc12. The molecule has 0 radical (unpaired) electrons. The Kier molecular flexibility index (Phi) is 7.39. The molecule has 1 aromatic carbocycles. The highest BCUT2D eigenvalue weighted by atomic mass is 16.7. The van der Waals surface area contributed by atoms with Gasteiger partial charge in [-0.2, -0.15) is 0 Å². The van der Waals surface area contributed by atoms with E-state index >= 15 is 0 Å². The normalized spacial score (nSPS) is 23.4. The minimum atomic E-state index is -1.28. The van der Waals surface area contributed by atoms with Crippen molar-refractivity contribution >= 4 is 39.9 Å². The van der Waals surface area contributed by atoms with Crippen molar-refractivity contribution in [3.8, 4) is 17.2 Å². The molecular formula is C25H27NO11. The maximum absolute atomic E-state index is 12.0. The van der Waals surface area contributed by atoms with Gasteiger partial charge in [0.2, 0.25) is 18.1 Å². The maximum atomic E-state index is 12.0. The Bertz CT molecular complexity index is 1330. The number of methoxy groups -OCH3 is 2. The maximum Gasteiger partial charge on any atom is 0.303 e. The third-order valence-corrected chi connectivity index (χ3v) is 5.73. The van der Waals surface area contributed by atoms with E-state index in [1.807, 2.05) is 0 Å². The van der Waals surface area contributed by atoms with E-state index in [-0.39, 0.29) is 11.5 Å². The number of hydrogen-bond donors (Lipinski definition) is 0. The van der Waals surface area contributed by atoms with Crippen LogP contribution in [0.4, 0.5) is 0 Å². The largest absolute Gasteiger partial charge is 0.495 e. The van der Waals surface area contributed by atoms with Crippen molar-refractivity contribution in [1.29, 1.82) is 0 Å². The molecule has 37 heavy (non-hydrogen) atoms. The van der Waals surface area contributed by atoms with Gasteiger partial charge in [0.05, 0.1) is 32.0 Å². The predicted molar refractivity (Wildman–Crippen MR) is 126 cm³/mol. The van der Waals surface area contributed by atoms with Gasteiger partial charge in [0, 0.05) is 26.2 Å². The Morgan fingerprint density at radius 2 is 1.43 bits per heavy atom. The Morgan fingerprint density at radius 3 is 2.05 bits per heavy atom. The molecule has 1 aliphatic rings. The molecule has 0 unspecified atom stereocenters. The summed E-state index contributed by atoms with van der Waals surface area (Å²) in [5.74, 6) is -1.02. The third-order valence-electron chi connectivity index (χ3n) is 5.73. The van der Waals surface area contributed by atoms with Crippen LogP contribution < -0.4 is 14.2 Å². The van der Waals surface area contributed by atoms with Gasteiger partial charge in [0.15, 0.2) is 23.7 Å².